The molecule has 6 nitrogen and oxygen atoms in total. The molecule has 1 unspecified atom stereocenters. The van der Waals surface area contributed by atoms with E-state index in [-0.39, 0.29) is 17.5 Å². The molecule has 1 saturated heterocycles. The molecule has 2 rings (SSSR count). The quantitative estimate of drug-likeness (QED) is 0.859. The minimum absolute atomic E-state index is 0.0211. The van der Waals surface area contributed by atoms with Gasteiger partial charge in [0, 0.05) is 13.1 Å². The topological polar surface area (TPSA) is 67.4 Å². The van der Waals surface area contributed by atoms with Crippen LogP contribution in [0.3, 0.4) is 0 Å². The van der Waals surface area contributed by atoms with E-state index in [1.807, 2.05) is 0 Å². The van der Waals surface area contributed by atoms with Crippen LogP contribution in [0.1, 0.15) is 29.8 Å². The lowest BCUT2D eigenvalue weighted by Gasteiger charge is -2.20. The maximum atomic E-state index is 12.0. The molecule has 0 spiro atoms. The molecule has 1 fully saturated rings. The maximum Gasteiger partial charge on any atom is 0.272 e. The van der Waals surface area contributed by atoms with Gasteiger partial charge in [-0.2, -0.15) is 0 Å². The Kier molecular flexibility index (Phi) is 6.64. The van der Waals surface area contributed by atoms with E-state index in [2.05, 4.69) is 27.2 Å². The summed E-state index contributed by atoms with van der Waals surface area (Å²) in [4.78, 5) is 22.0. The summed E-state index contributed by atoms with van der Waals surface area (Å²) in [6.07, 6.45) is 3.29. The zero-order valence-electron chi connectivity index (χ0n) is 13.2. The second-order valence-electron chi connectivity index (χ2n) is 5.78. The lowest BCUT2D eigenvalue weighted by atomic mass is 10.0. The zero-order chi connectivity index (χ0) is 16.7. The second-order valence-corrected chi connectivity index (χ2v) is 5.78. The minimum atomic E-state index is -2.57. The zero-order valence-corrected chi connectivity index (χ0v) is 13.2. The molecule has 1 aliphatic heterocycles. The molecule has 1 atom stereocenters. The molecule has 1 aromatic heterocycles. The van der Waals surface area contributed by atoms with Crippen molar-refractivity contribution in [2.45, 2.75) is 25.7 Å². The van der Waals surface area contributed by atoms with Crippen molar-refractivity contribution in [3.05, 3.63) is 18.1 Å². The molecular weight excluding hydrogens is 306 g/mol. The molecule has 0 saturated carbocycles. The molecular formula is C15H22F2N4O2. The summed E-state index contributed by atoms with van der Waals surface area (Å²) in [5.41, 5.74) is 0.149. The van der Waals surface area contributed by atoms with Crippen molar-refractivity contribution in [3.8, 4) is 5.88 Å². The van der Waals surface area contributed by atoms with Crippen LogP contribution in [0.5, 0.6) is 5.88 Å². The average molecular weight is 328 g/mol. The van der Waals surface area contributed by atoms with E-state index >= 15 is 0 Å². The van der Waals surface area contributed by atoms with Crippen molar-refractivity contribution in [3.63, 3.8) is 0 Å². The Bertz CT molecular complexity index is 499. The Hall–Kier alpha value is -1.83. The number of carbonyl (C=O) groups is 1. The summed E-state index contributed by atoms with van der Waals surface area (Å²) in [5, 5.41) is 2.86. The molecule has 1 N–H and O–H groups in total. The average Bonchev–Trinajstić information content (AvgIpc) is 2.75. The standard InChI is InChI=1S/C15H22F2N4O2/c1-21-5-3-2-4-11(9-21)6-20-15(22)12-7-19-14(8-18-12)23-10-13(16)17/h7-8,11,13H,2-6,9-10H2,1H3,(H,20,22). The van der Waals surface area contributed by atoms with Gasteiger partial charge in [0.25, 0.3) is 12.3 Å². The van der Waals surface area contributed by atoms with Crippen LogP contribution in [0, 0.1) is 5.92 Å². The van der Waals surface area contributed by atoms with Crippen LogP contribution in [0.4, 0.5) is 8.78 Å². The van der Waals surface area contributed by atoms with Gasteiger partial charge in [-0.3, -0.25) is 4.79 Å². The van der Waals surface area contributed by atoms with Crippen molar-refractivity contribution < 1.29 is 18.3 Å². The summed E-state index contributed by atoms with van der Waals surface area (Å²) in [6, 6.07) is 0. The molecule has 0 radical (unpaired) electrons. The van der Waals surface area contributed by atoms with Crippen molar-refractivity contribution in [1.29, 1.82) is 0 Å². The van der Waals surface area contributed by atoms with Crippen molar-refractivity contribution in [2.24, 2.45) is 5.92 Å². The molecule has 2 heterocycles. The monoisotopic (exact) mass is 328 g/mol. The molecule has 1 aromatic rings. The van der Waals surface area contributed by atoms with Gasteiger partial charge in [-0.05, 0) is 32.4 Å². The molecule has 1 amide bonds. The Labute approximate surface area is 134 Å². The largest absolute Gasteiger partial charge is 0.470 e. The summed E-state index contributed by atoms with van der Waals surface area (Å²) < 4.78 is 28.8. The van der Waals surface area contributed by atoms with Gasteiger partial charge in [-0.25, -0.2) is 18.7 Å². The van der Waals surface area contributed by atoms with Gasteiger partial charge in [0.1, 0.15) is 5.69 Å². The highest BCUT2D eigenvalue weighted by molar-refractivity contribution is 5.91. The predicted octanol–water partition coefficient (Wildman–Crippen LogP) is 1.58. The molecule has 0 aromatic carbocycles. The van der Waals surface area contributed by atoms with Gasteiger partial charge in [-0.1, -0.05) is 6.42 Å². The van der Waals surface area contributed by atoms with Crippen LogP contribution in [-0.2, 0) is 0 Å². The number of nitrogens with zero attached hydrogens (tertiary/aromatic N) is 3. The van der Waals surface area contributed by atoms with E-state index in [0.29, 0.717) is 12.5 Å². The molecule has 128 valence electrons. The molecule has 0 bridgehead atoms. The van der Waals surface area contributed by atoms with E-state index < -0.39 is 13.0 Å². The first-order chi connectivity index (χ1) is 11.0. The highest BCUT2D eigenvalue weighted by Gasteiger charge is 2.17. The third kappa shape index (κ3) is 6.05. The maximum absolute atomic E-state index is 12.0. The minimum Gasteiger partial charge on any atom is -0.470 e. The number of hydrogen-bond acceptors (Lipinski definition) is 5. The number of amides is 1. The van der Waals surface area contributed by atoms with Crippen LogP contribution in [0.25, 0.3) is 0 Å². The molecule has 23 heavy (non-hydrogen) atoms. The van der Waals surface area contributed by atoms with Crippen LogP contribution < -0.4 is 10.1 Å². The number of likely N-dealkylation sites (tertiary alicyclic amines) is 1. The number of rotatable bonds is 6. The Morgan fingerprint density at radius 3 is 2.96 bits per heavy atom. The number of aromatic nitrogens is 2. The predicted molar refractivity (Wildman–Crippen MR) is 80.7 cm³/mol. The second kappa shape index (κ2) is 8.71. The number of halogens is 2. The summed E-state index contributed by atoms with van der Waals surface area (Å²) >= 11 is 0. The normalized spacial score (nSPS) is 19.4. The van der Waals surface area contributed by atoms with Crippen molar-refractivity contribution >= 4 is 5.91 Å². The van der Waals surface area contributed by atoms with E-state index in [9.17, 15) is 13.6 Å². The fraction of sp³-hybridized carbons (Fsp3) is 0.667. The van der Waals surface area contributed by atoms with Crippen molar-refractivity contribution in [1.82, 2.24) is 20.2 Å². The molecule has 0 aliphatic carbocycles. The summed E-state index contributed by atoms with van der Waals surface area (Å²) in [7, 11) is 2.09. The van der Waals surface area contributed by atoms with Gasteiger partial charge >= 0.3 is 0 Å². The number of carbonyl (C=O) groups excluding carboxylic acids is 1. The first kappa shape index (κ1) is 17.5. The first-order valence-electron chi connectivity index (χ1n) is 7.74. The third-order valence-corrected chi connectivity index (χ3v) is 3.74. The van der Waals surface area contributed by atoms with E-state index in [0.717, 1.165) is 19.5 Å². The van der Waals surface area contributed by atoms with Gasteiger partial charge in [0.2, 0.25) is 5.88 Å². The lowest BCUT2D eigenvalue weighted by molar-refractivity contribution is 0.0791. The SMILES string of the molecule is CN1CCCCC(CNC(=O)c2cnc(OCC(F)F)cn2)C1. The van der Waals surface area contributed by atoms with Crippen LogP contribution in [0.2, 0.25) is 0 Å². The van der Waals surface area contributed by atoms with E-state index in [1.54, 1.807) is 0 Å². The summed E-state index contributed by atoms with van der Waals surface area (Å²) in [6.45, 7) is 1.91. The van der Waals surface area contributed by atoms with Crippen LogP contribution >= 0.6 is 0 Å². The highest BCUT2D eigenvalue weighted by atomic mass is 19.3. The van der Waals surface area contributed by atoms with Gasteiger partial charge < -0.3 is 15.0 Å². The smallest absolute Gasteiger partial charge is 0.272 e. The first-order valence-corrected chi connectivity index (χ1v) is 7.74. The van der Waals surface area contributed by atoms with Gasteiger partial charge in [0.05, 0.1) is 12.4 Å². The highest BCUT2D eigenvalue weighted by Crippen LogP contribution is 2.14. The van der Waals surface area contributed by atoms with E-state index in [1.165, 1.54) is 25.2 Å². The summed E-state index contributed by atoms with van der Waals surface area (Å²) in [5.74, 6) is 0.0881. The van der Waals surface area contributed by atoms with E-state index in [4.69, 9.17) is 4.74 Å². The fourth-order valence-electron chi connectivity index (χ4n) is 2.59. The fourth-order valence-corrected chi connectivity index (χ4v) is 2.59. The lowest BCUT2D eigenvalue weighted by Crippen LogP contribution is -2.34. The number of nitrogens with one attached hydrogen (secondary N) is 1. The Balaban J connectivity index is 1.80. The van der Waals surface area contributed by atoms with Crippen molar-refractivity contribution in [2.75, 3.05) is 33.3 Å². The number of alkyl halides is 2. The Morgan fingerprint density at radius 1 is 1.43 bits per heavy atom. The molecule has 8 heteroatoms. The van der Waals surface area contributed by atoms with Gasteiger partial charge in [0.15, 0.2) is 6.61 Å². The Morgan fingerprint density at radius 2 is 2.26 bits per heavy atom. The third-order valence-electron chi connectivity index (χ3n) is 3.74. The van der Waals surface area contributed by atoms with Gasteiger partial charge in [-0.15, -0.1) is 0 Å². The van der Waals surface area contributed by atoms with Crippen LogP contribution in [0.15, 0.2) is 12.4 Å². The number of ether oxygens (including phenoxy) is 1. The van der Waals surface area contributed by atoms with Crippen LogP contribution in [-0.4, -0.2) is 60.5 Å². The number of hydrogen-bond donors (Lipinski definition) is 1. The molecule has 1 aliphatic rings.